The zero-order chi connectivity index (χ0) is 14.5. The lowest BCUT2D eigenvalue weighted by molar-refractivity contribution is 0.221. The lowest BCUT2D eigenvalue weighted by Gasteiger charge is -2.34. The summed E-state index contributed by atoms with van der Waals surface area (Å²) in [7, 11) is 3.85. The first-order chi connectivity index (χ1) is 9.69. The Morgan fingerprint density at radius 3 is 2.50 bits per heavy atom. The van der Waals surface area contributed by atoms with Crippen LogP contribution in [0.15, 0.2) is 18.2 Å². The van der Waals surface area contributed by atoms with E-state index in [1.807, 2.05) is 0 Å². The van der Waals surface area contributed by atoms with E-state index in [9.17, 15) is 0 Å². The van der Waals surface area contributed by atoms with Gasteiger partial charge in [-0.1, -0.05) is 43.9 Å². The molecule has 0 bridgehead atoms. The van der Waals surface area contributed by atoms with Crippen molar-refractivity contribution in [2.45, 2.75) is 52.0 Å². The highest BCUT2D eigenvalue weighted by Crippen LogP contribution is 2.40. The summed E-state index contributed by atoms with van der Waals surface area (Å²) < 4.78 is 5.58. The van der Waals surface area contributed by atoms with Crippen LogP contribution in [0.3, 0.4) is 0 Å². The van der Waals surface area contributed by atoms with E-state index in [4.69, 9.17) is 4.74 Å². The minimum absolute atomic E-state index is 0.419. The van der Waals surface area contributed by atoms with Crippen molar-refractivity contribution in [2.75, 3.05) is 14.2 Å². The number of ether oxygens (including phenoxy) is 1. The van der Waals surface area contributed by atoms with Crippen molar-refractivity contribution >= 4 is 0 Å². The van der Waals surface area contributed by atoms with Gasteiger partial charge in [0.05, 0.1) is 7.11 Å². The Labute approximate surface area is 123 Å². The average molecular weight is 275 g/mol. The number of rotatable bonds is 5. The molecule has 1 fully saturated rings. The molecule has 0 spiro atoms. The zero-order valence-corrected chi connectivity index (χ0v) is 13.4. The third-order valence-electron chi connectivity index (χ3n) is 4.97. The third kappa shape index (κ3) is 3.35. The molecule has 1 saturated carbocycles. The van der Waals surface area contributed by atoms with Gasteiger partial charge in [0.15, 0.2) is 0 Å². The van der Waals surface area contributed by atoms with E-state index in [0.29, 0.717) is 6.04 Å². The van der Waals surface area contributed by atoms with Gasteiger partial charge >= 0.3 is 0 Å². The average Bonchev–Trinajstić information content (AvgIpc) is 2.49. The van der Waals surface area contributed by atoms with Crippen LogP contribution in [0.4, 0.5) is 0 Å². The van der Waals surface area contributed by atoms with E-state index in [1.165, 1.54) is 43.2 Å². The van der Waals surface area contributed by atoms with Crippen molar-refractivity contribution in [1.82, 2.24) is 5.32 Å². The maximum Gasteiger partial charge on any atom is 0.123 e. The number of benzene rings is 1. The molecule has 0 aromatic heterocycles. The Hall–Kier alpha value is -1.02. The van der Waals surface area contributed by atoms with E-state index < -0.39 is 0 Å². The first-order valence-corrected chi connectivity index (χ1v) is 8.01. The van der Waals surface area contributed by atoms with Gasteiger partial charge in [-0.25, -0.2) is 0 Å². The quantitative estimate of drug-likeness (QED) is 0.855. The largest absolute Gasteiger partial charge is 0.496 e. The monoisotopic (exact) mass is 275 g/mol. The molecule has 1 aromatic carbocycles. The van der Waals surface area contributed by atoms with Crippen molar-refractivity contribution in [3.63, 3.8) is 0 Å². The van der Waals surface area contributed by atoms with Crippen molar-refractivity contribution in [2.24, 2.45) is 11.8 Å². The third-order valence-corrected chi connectivity index (χ3v) is 4.97. The number of aryl methyl sites for hydroxylation is 1. The topological polar surface area (TPSA) is 21.3 Å². The summed E-state index contributed by atoms with van der Waals surface area (Å²) in [5, 5.41) is 3.54. The Balaban J connectivity index is 2.18. The molecule has 1 aliphatic carbocycles. The van der Waals surface area contributed by atoms with E-state index in [2.05, 4.69) is 44.4 Å². The Morgan fingerprint density at radius 1 is 1.25 bits per heavy atom. The molecule has 0 radical (unpaired) electrons. The van der Waals surface area contributed by atoms with Gasteiger partial charge in [0.2, 0.25) is 0 Å². The van der Waals surface area contributed by atoms with Crippen LogP contribution in [0, 0.1) is 18.8 Å². The van der Waals surface area contributed by atoms with Gasteiger partial charge in [-0.2, -0.15) is 0 Å². The van der Waals surface area contributed by atoms with Crippen LogP contribution in [-0.2, 0) is 0 Å². The highest BCUT2D eigenvalue weighted by molar-refractivity contribution is 5.39. The highest BCUT2D eigenvalue weighted by Gasteiger charge is 2.28. The molecule has 1 atom stereocenters. The number of hydrogen-bond donors (Lipinski definition) is 1. The van der Waals surface area contributed by atoms with Crippen LogP contribution in [0.2, 0.25) is 0 Å². The lowest BCUT2D eigenvalue weighted by Crippen LogP contribution is -2.29. The molecule has 2 nitrogen and oxygen atoms in total. The predicted octanol–water partition coefficient (Wildman–Crippen LogP) is 4.48. The molecule has 1 aliphatic rings. The van der Waals surface area contributed by atoms with E-state index >= 15 is 0 Å². The fraction of sp³-hybridized carbons (Fsp3) is 0.667. The zero-order valence-electron chi connectivity index (χ0n) is 13.4. The maximum absolute atomic E-state index is 5.58. The van der Waals surface area contributed by atoms with Crippen LogP contribution in [0.1, 0.15) is 56.2 Å². The van der Waals surface area contributed by atoms with Crippen LogP contribution < -0.4 is 10.1 Å². The van der Waals surface area contributed by atoms with Crippen LogP contribution in [-0.4, -0.2) is 14.2 Å². The first kappa shape index (κ1) is 15.4. The minimum atomic E-state index is 0.419. The summed E-state index contributed by atoms with van der Waals surface area (Å²) >= 11 is 0. The smallest absolute Gasteiger partial charge is 0.123 e. The van der Waals surface area contributed by atoms with E-state index in [0.717, 1.165) is 17.6 Å². The minimum Gasteiger partial charge on any atom is -0.496 e. The van der Waals surface area contributed by atoms with Gasteiger partial charge in [0.1, 0.15) is 5.75 Å². The number of methoxy groups -OCH3 is 1. The van der Waals surface area contributed by atoms with E-state index in [-0.39, 0.29) is 0 Å². The highest BCUT2D eigenvalue weighted by atomic mass is 16.5. The van der Waals surface area contributed by atoms with Gasteiger partial charge in [-0.3, -0.25) is 0 Å². The van der Waals surface area contributed by atoms with Gasteiger partial charge in [0, 0.05) is 11.6 Å². The van der Waals surface area contributed by atoms with Gasteiger partial charge in [0.25, 0.3) is 0 Å². The van der Waals surface area contributed by atoms with Gasteiger partial charge in [-0.05, 0) is 44.7 Å². The molecule has 1 N–H and O–H groups in total. The molecule has 0 heterocycles. The standard InChI is InChI=1S/C18H29NO/c1-5-14-7-9-15(10-8-14)18(19-3)16-12-13(2)6-11-17(16)20-4/h6,11-12,14-15,18-19H,5,7-10H2,1-4H3. The Morgan fingerprint density at radius 2 is 1.95 bits per heavy atom. The second-order valence-electron chi connectivity index (χ2n) is 6.20. The molecule has 1 aromatic rings. The number of hydrogen-bond acceptors (Lipinski definition) is 2. The first-order valence-electron chi connectivity index (χ1n) is 8.01. The SMILES string of the molecule is CCC1CCC(C(NC)c2cc(C)ccc2OC)CC1. The van der Waals surface area contributed by atoms with Crippen molar-refractivity contribution in [1.29, 1.82) is 0 Å². The fourth-order valence-corrected chi connectivity index (χ4v) is 3.67. The molecule has 0 saturated heterocycles. The molecule has 2 rings (SSSR count). The Kier molecular flexibility index (Phi) is 5.47. The fourth-order valence-electron chi connectivity index (χ4n) is 3.67. The van der Waals surface area contributed by atoms with Crippen molar-refractivity contribution < 1.29 is 4.74 Å². The number of nitrogens with one attached hydrogen (secondary N) is 1. The van der Waals surface area contributed by atoms with Crippen molar-refractivity contribution in [3.8, 4) is 5.75 Å². The molecule has 2 heteroatoms. The molecule has 112 valence electrons. The summed E-state index contributed by atoms with van der Waals surface area (Å²) in [4.78, 5) is 0. The normalized spacial score (nSPS) is 24.4. The predicted molar refractivity (Wildman–Crippen MR) is 85.3 cm³/mol. The second-order valence-corrected chi connectivity index (χ2v) is 6.20. The summed E-state index contributed by atoms with van der Waals surface area (Å²) in [5.41, 5.74) is 2.64. The summed E-state index contributed by atoms with van der Waals surface area (Å²) in [6, 6.07) is 6.93. The van der Waals surface area contributed by atoms with E-state index in [1.54, 1.807) is 7.11 Å². The van der Waals surface area contributed by atoms with Crippen LogP contribution >= 0.6 is 0 Å². The van der Waals surface area contributed by atoms with Crippen molar-refractivity contribution in [3.05, 3.63) is 29.3 Å². The lowest BCUT2D eigenvalue weighted by atomic mass is 9.76. The van der Waals surface area contributed by atoms with Gasteiger partial charge < -0.3 is 10.1 Å². The van der Waals surface area contributed by atoms with Crippen LogP contribution in [0.25, 0.3) is 0 Å². The maximum atomic E-state index is 5.58. The molecular weight excluding hydrogens is 246 g/mol. The molecule has 1 unspecified atom stereocenters. The molecule has 20 heavy (non-hydrogen) atoms. The molecular formula is C18H29NO. The molecule has 0 aliphatic heterocycles. The summed E-state index contributed by atoms with van der Waals surface area (Å²) in [6.45, 7) is 4.48. The molecule has 0 amide bonds. The summed E-state index contributed by atoms with van der Waals surface area (Å²) in [5.74, 6) is 2.70. The van der Waals surface area contributed by atoms with Crippen LogP contribution in [0.5, 0.6) is 5.75 Å². The van der Waals surface area contributed by atoms with Gasteiger partial charge in [-0.15, -0.1) is 0 Å². The Bertz CT molecular complexity index is 421. The summed E-state index contributed by atoms with van der Waals surface area (Å²) in [6.07, 6.45) is 6.77. The second kappa shape index (κ2) is 7.12.